The summed E-state index contributed by atoms with van der Waals surface area (Å²) in [6, 6.07) is 9.12. The molecule has 3 rings (SSSR count). The topological polar surface area (TPSA) is 105 Å². The van der Waals surface area contributed by atoms with E-state index >= 15 is 0 Å². The number of halogens is 1. The molecule has 0 saturated heterocycles. The van der Waals surface area contributed by atoms with Crippen molar-refractivity contribution in [3.63, 3.8) is 0 Å². The molecule has 2 aromatic carbocycles. The van der Waals surface area contributed by atoms with Crippen LogP contribution in [-0.2, 0) is 32.6 Å². The zero-order chi connectivity index (χ0) is 27.0. The minimum Gasteiger partial charge on any atom is -0.493 e. The van der Waals surface area contributed by atoms with Gasteiger partial charge in [-0.15, -0.1) is 0 Å². The predicted octanol–water partition coefficient (Wildman–Crippen LogP) is 3.46. The summed E-state index contributed by atoms with van der Waals surface area (Å²) in [5, 5.41) is 2.98. The Kier molecular flexibility index (Phi) is 10.0. The average molecular weight is 534 g/mol. The number of nitrogens with zero attached hydrogens (tertiary/aromatic N) is 1. The zero-order valence-electron chi connectivity index (χ0n) is 21.7. The van der Waals surface area contributed by atoms with Gasteiger partial charge in [-0.05, 0) is 81.8 Å². The van der Waals surface area contributed by atoms with E-state index in [-0.39, 0.29) is 35.4 Å². The lowest BCUT2D eigenvalue weighted by Crippen LogP contribution is -2.40. The van der Waals surface area contributed by atoms with Gasteiger partial charge >= 0.3 is 0 Å². The fourth-order valence-electron chi connectivity index (χ4n) is 4.17. The summed E-state index contributed by atoms with van der Waals surface area (Å²) in [7, 11) is -4.10. The van der Waals surface area contributed by atoms with Crippen molar-refractivity contribution in [2.45, 2.75) is 70.4 Å². The van der Waals surface area contributed by atoms with Gasteiger partial charge in [-0.25, -0.2) is 17.5 Å². The molecule has 0 fully saturated rings. The molecule has 0 bridgehead atoms. The molecule has 2 amide bonds. The van der Waals surface area contributed by atoms with Crippen LogP contribution in [0.3, 0.4) is 0 Å². The zero-order valence-corrected chi connectivity index (χ0v) is 22.5. The number of fused-ring (bicyclic) bond motifs is 1. The molecule has 2 aromatic rings. The fourth-order valence-corrected chi connectivity index (χ4v) is 5.42. The summed E-state index contributed by atoms with van der Waals surface area (Å²) in [4.78, 5) is 26.8. The number of sulfonamides is 1. The molecular weight excluding hydrogens is 497 g/mol. The van der Waals surface area contributed by atoms with Crippen LogP contribution in [-0.4, -0.2) is 50.9 Å². The smallest absolute Gasteiger partial charge is 0.264 e. The second kappa shape index (κ2) is 13.0. The highest BCUT2D eigenvalue weighted by molar-refractivity contribution is 7.90. The number of hydrogen-bond acceptors (Lipinski definition) is 6. The third-order valence-corrected chi connectivity index (χ3v) is 7.83. The standard InChI is InChI=1S/C27H36FN3O5S/c1-19(2)31-17-22-16-21(7-10-24(22)36-14-6-4-5-13-29-27(33)18-31)8-12-26(32)30-37(34,35)25-11-9-23(28)15-20(25)3/h7,9-11,15-16,19H,4-6,8,12-14,17-18H2,1-3H3,(H,29,33)(H,30,32). The Morgan fingerprint density at radius 2 is 1.92 bits per heavy atom. The highest BCUT2D eigenvalue weighted by Gasteiger charge is 2.21. The van der Waals surface area contributed by atoms with Gasteiger partial charge in [-0.2, -0.15) is 0 Å². The van der Waals surface area contributed by atoms with Gasteiger partial charge < -0.3 is 10.1 Å². The van der Waals surface area contributed by atoms with E-state index < -0.39 is 21.7 Å². The van der Waals surface area contributed by atoms with Crippen LogP contribution in [0.4, 0.5) is 4.39 Å². The number of amides is 2. The third kappa shape index (κ3) is 8.53. The number of aryl methyl sites for hydroxylation is 2. The van der Waals surface area contributed by atoms with Gasteiger partial charge in [-0.1, -0.05) is 12.1 Å². The normalized spacial score (nSPS) is 16.0. The van der Waals surface area contributed by atoms with Crippen molar-refractivity contribution in [2.24, 2.45) is 0 Å². The molecule has 0 saturated carbocycles. The molecule has 1 heterocycles. The van der Waals surface area contributed by atoms with Gasteiger partial charge in [0, 0.05) is 31.1 Å². The predicted molar refractivity (Wildman–Crippen MR) is 139 cm³/mol. The third-order valence-electron chi connectivity index (χ3n) is 6.29. The summed E-state index contributed by atoms with van der Waals surface area (Å²) in [6.07, 6.45) is 3.01. The lowest BCUT2D eigenvalue weighted by molar-refractivity contribution is -0.123. The lowest BCUT2D eigenvalue weighted by Gasteiger charge is -2.27. The average Bonchev–Trinajstić information content (AvgIpc) is 2.83. The molecule has 0 unspecified atom stereocenters. The van der Waals surface area contributed by atoms with Gasteiger partial charge in [-0.3, -0.25) is 14.5 Å². The molecule has 1 aliphatic heterocycles. The second-order valence-corrected chi connectivity index (χ2v) is 11.3. The summed E-state index contributed by atoms with van der Waals surface area (Å²) >= 11 is 0. The molecule has 2 N–H and O–H groups in total. The lowest BCUT2D eigenvalue weighted by atomic mass is 10.0. The molecule has 0 atom stereocenters. The van der Waals surface area contributed by atoms with Gasteiger partial charge in [0.05, 0.1) is 18.0 Å². The number of nitrogens with one attached hydrogen (secondary N) is 2. The summed E-state index contributed by atoms with van der Waals surface area (Å²) in [5.74, 6) is -0.464. The van der Waals surface area contributed by atoms with Gasteiger partial charge in [0.1, 0.15) is 11.6 Å². The Balaban J connectivity index is 1.72. The van der Waals surface area contributed by atoms with E-state index in [9.17, 15) is 22.4 Å². The van der Waals surface area contributed by atoms with Crippen LogP contribution in [0.1, 0.15) is 56.2 Å². The minimum atomic E-state index is -4.10. The van der Waals surface area contributed by atoms with E-state index in [1.807, 2.05) is 32.0 Å². The summed E-state index contributed by atoms with van der Waals surface area (Å²) < 4.78 is 46.7. The van der Waals surface area contributed by atoms with E-state index in [0.717, 1.165) is 54.3 Å². The number of benzene rings is 2. The van der Waals surface area contributed by atoms with Crippen molar-refractivity contribution in [1.29, 1.82) is 0 Å². The van der Waals surface area contributed by atoms with Crippen molar-refractivity contribution in [1.82, 2.24) is 14.9 Å². The Labute approximate surface area is 218 Å². The van der Waals surface area contributed by atoms with Crippen LogP contribution in [0.15, 0.2) is 41.3 Å². The van der Waals surface area contributed by atoms with E-state index in [1.165, 1.54) is 6.92 Å². The Bertz CT molecular complexity index is 1220. The van der Waals surface area contributed by atoms with Crippen LogP contribution in [0, 0.1) is 12.7 Å². The van der Waals surface area contributed by atoms with Crippen LogP contribution in [0.5, 0.6) is 5.75 Å². The second-order valence-electron chi connectivity index (χ2n) is 9.64. The molecule has 202 valence electrons. The van der Waals surface area contributed by atoms with Crippen LogP contribution in [0.2, 0.25) is 0 Å². The van der Waals surface area contributed by atoms with Crippen molar-refractivity contribution >= 4 is 21.8 Å². The van der Waals surface area contributed by atoms with Crippen molar-refractivity contribution in [3.05, 3.63) is 58.9 Å². The Morgan fingerprint density at radius 1 is 1.14 bits per heavy atom. The maximum atomic E-state index is 13.3. The van der Waals surface area contributed by atoms with Crippen molar-refractivity contribution in [3.8, 4) is 5.75 Å². The van der Waals surface area contributed by atoms with Gasteiger partial charge in [0.25, 0.3) is 10.0 Å². The van der Waals surface area contributed by atoms with E-state index in [2.05, 4.69) is 14.9 Å². The highest BCUT2D eigenvalue weighted by Crippen LogP contribution is 2.24. The summed E-state index contributed by atoms with van der Waals surface area (Å²) in [5.41, 5.74) is 1.98. The monoisotopic (exact) mass is 533 g/mol. The van der Waals surface area contributed by atoms with Gasteiger partial charge in [0.2, 0.25) is 11.8 Å². The van der Waals surface area contributed by atoms with Crippen LogP contribution >= 0.6 is 0 Å². The number of ether oxygens (including phenoxy) is 1. The van der Waals surface area contributed by atoms with Crippen LogP contribution < -0.4 is 14.8 Å². The minimum absolute atomic E-state index is 0.0131. The van der Waals surface area contributed by atoms with Crippen molar-refractivity contribution in [2.75, 3.05) is 19.7 Å². The first kappa shape index (κ1) is 28.6. The molecule has 0 aromatic heterocycles. The molecule has 10 heteroatoms. The van der Waals surface area contributed by atoms with Crippen LogP contribution in [0.25, 0.3) is 0 Å². The number of hydrogen-bond donors (Lipinski definition) is 2. The molecule has 0 aliphatic carbocycles. The number of carbonyl (C=O) groups excluding carboxylic acids is 2. The quantitative estimate of drug-likeness (QED) is 0.589. The Morgan fingerprint density at radius 3 is 2.65 bits per heavy atom. The largest absolute Gasteiger partial charge is 0.493 e. The molecule has 8 nitrogen and oxygen atoms in total. The van der Waals surface area contributed by atoms with Gasteiger partial charge in [0.15, 0.2) is 0 Å². The SMILES string of the molecule is Cc1cc(F)ccc1S(=O)(=O)NC(=O)CCc1ccc2c(c1)CN(C(C)C)CC(=O)NCCCCCO2. The molecule has 1 aliphatic rings. The van der Waals surface area contributed by atoms with E-state index in [1.54, 1.807) is 0 Å². The van der Waals surface area contributed by atoms with E-state index in [4.69, 9.17) is 4.74 Å². The highest BCUT2D eigenvalue weighted by atomic mass is 32.2. The van der Waals surface area contributed by atoms with Crippen molar-refractivity contribution < 1.29 is 27.1 Å². The first-order valence-corrected chi connectivity index (χ1v) is 14.1. The summed E-state index contributed by atoms with van der Waals surface area (Å²) in [6.45, 7) is 7.53. The Hall–Kier alpha value is -2.98. The maximum Gasteiger partial charge on any atom is 0.264 e. The number of carbonyl (C=O) groups is 2. The first-order valence-electron chi connectivity index (χ1n) is 12.6. The number of rotatable bonds is 6. The fraction of sp³-hybridized carbons (Fsp3) is 0.481. The molecular formula is C27H36FN3O5S. The molecule has 37 heavy (non-hydrogen) atoms. The molecule has 0 radical (unpaired) electrons. The maximum absolute atomic E-state index is 13.3. The first-order chi connectivity index (χ1) is 17.5. The molecule has 0 spiro atoms. The van der Waals surface area contributed by atoms with E-state index in [0.29, 0.717) is 26.1 Å².